The van der Waals surface area contributed by atoms with Crippen LogP contribution in [0, 0.1) is 5.41 Å². The zero-order valence-electron chi connectivity index (χ0n) is 10.9. The first-order chi connectivity index (χ1) is 7.97. The van der Waals surface area contributed by atoms with Gasteiger partial charge in [0.05, 0.1) is 6.04 Å². The summed E-state index contributed by atoms with van der Waals surface area (Å²) in [6, 6.07) is 10.0. The highest BCUT2D eigenvalue weighted by molar-refractivity contribution is 5.82. The van der Waals surface area contributed by atoms with Gasteiger partial charge in [0.15, 0.2) is 0 Å². The summed E-state index contributed by atoms with van der Waals surface area (Å²) in [6.07, 6.45) is 2.47. The maximum Gasteiger partial charge on any atom is 0.226 e. The molecule has 2 nitrogen and oxygen atoms in total. The van der Waals surface area contributed by atoms with Crippen LogP contribution in [0.4, 0.5) is 0 Å². The number of carbonyl (C=O) groups is 1. The molecule has 1 atom stereocenters. The van der Waals surface area contributed by atoms with Crippen molar-refractivity contribution in [3.63, 3.8) is 0 Å². The number of carbonyl (C=O) groups excluding carboxylic acids is 1. The van der Waals surface area contributed by atoms with Crippen LogP contribution in [0.5, 0.6) is 0 Å². The van der Waals surface area contributed by atoms with Crippen LogP contribution in [0.1, 0.15) is 38.8 Å². The van der Waals surface area contributed by atoms with E-state index in [-0.39, 0.29) is 11.9 Å². The molecular formula is C15H21NO. The van der Waals surface area contributed by atoms with Crippen molar-refractivity contribution < 1.29 is 4.79 Å². The number of allylic oxidation sites excluding steroid dienone is 1. The third-order valence-corrected chi connectivity index (χ3v) is 2.92. The highest BCUT2D eigenvalue weighted by atomic mass is 16.2. The minimum Gasteiger partial charge on any atom is -0.349 e. The van der Waals surface area contributed by atoms with Gasteiger partial charge in [0.2, 0.25) is 5.91 Å². The largest absolute Gasteiger partial charge is 0.349 e. The fraction of sp³-hybridized carbons (Fsp3) is 0.400. The molecule has 0 aromatic heterocycles. The van der Waals surface area contributed by atoms with E-state index in [4.69, 9.17) is 0 Å². The van der Waals surface area contributed by atoms with Gasteiger partial charge in [-0.1, -0.05) is 50.3 Å². The Balaban J connectivity index is 2.66. The van der Waals surface area contributed by atoms with Crippen molar-refractivity contribution in [2.24, 2.45) is 5.41 Å². The monoisotopic (exact) mass is 231 g/mol. The first kappa shape index (κ1) is 13.5. The molecule has 0 aliphatic carbocycles. The summed E-state index contributed by atoms with van der Waals surface area (Å²) in [5.74, 6) is 0.0637. The molecule has 1 unspecified atom stereocenters. The lowest BCUT2D eigenvalue weighted by Crippen LogP contribution is -2.38. The quantitative estimate of drug-likeness (QED) is 0.772. The summed E-state index contributed by atoms with van der Waals surface area (Å²) in [5, 5.41) is 3.03. The molecule has 0 saturated heterocycles. The minimum atomic E-state index is -0.398. The molecular weight excluding hydrogens is 210 g/mol. The Hall–Kier alpha value is -1.57. The Morgan fingerprint density at radius 3 is 2.53 bits per heavy atom. The Morgan fingerprint density at radius 2 is 2.00 bits per heavy atom. The van der Waals surface area contributed by atoms with E-state index < -0.39 is 5.41 Å². The fourth-order valence-corrected chi connectivity index (χ4v) is 1.67. The Kier molecular flexibility index (Phi) is 4.50. The second kappa shape index (κ2) is 5.67. The lowest BCUT2D eigenvalue weighted by atomic mass is 9.88. The van der Waals surface area contributed by atoms with E-state index in [2.05, 4.69) is 11.9 Å². The Morgan fingerprint density at radius 1 is 1.41 bits per heavy atom. The van der Waals surface area contributed by atoms with Gasteiger partial charge in [-0.25, -0.2) is 0 Å². The molecule has 1 N–H and O–H groups in total. The van der Waals surface area contributed by atoms with Gasteiger partial charge in [-0.2, -0.15) is 0 Å². The van der Waals surface area contributed by atoms with Crippen LogP contribution in [-0.2, 0) is 4.79 Å². The second-order valence-electron chi connectivity index (χ2n) is 4.98. The number of benzene rings is 1. The molecule has 0 aliphatic heterocycles. The normalized spacial score (nSPS) is 12.9. The summed E-state index contributed by atoms with van der Waals surface area (Å²) in [5.41, 5.74) is 0.723. The number of hydrogen-bond acceptors (Lipinski definition) is 1. The summed E-state index contributed by atoms with van der Waals surface area (Å²) < 4.78 is 0. The van der Waals surface area contributed by atoms with Crippen LogP contribution in [0.15, 0.2) is 43.0 Å². The summed E-state index contributed by atoms with van der Waals surface area (Å²) >= 11 is 0. The molecule has 1 rings (SSSR count). The Labute approximate surface area is 104 Å². The average Bonchev–Trinajstić information content (AvgIpc) is 2.30. The molecule has 0 spiro atoms. The van der Waals surface area contributed by atoms with Gasteiger partial charge < -0.3 is 5.32 Å². The smallest absolute Gasteiger partial charge is 0.226 e. The Bertz CT molecular complexity index is 381. The molecule has 0 radical (unpaired) electrons. The topological polar surface area (TPSA) is 29.1 Å². The van der Waals surface area contributed by atoms with Gasteiger partial charge >= 0.3 is 0 Å². The third kappa shape index (κ3) is 3.74. The van der Waals surface area contributed by atoms with Crippen molar-refractivity contribution in [1.82, 2.24) is 5.32 Å². The molecule has 17 heavy (non-hydrogen) atoms. The van der Waals surface area contributed by atoms with Crippen molar-refractivity contribution in [1.29, 1.82) is 0 Å². The molecule has 0 fully saturated rings. The highest BCUT2D eigenvalue weighted by Crippen LogP contribution is 2.22. The van der Waals surface area contributed by atoms with E-state index in [1.54, 1.807) is 6.08 Å². The van der Waals surface area contributed by atoms with E-state index in [1.165, 1.54) is 0 Å². The minimum absolute atomic E-state index is 0.0350. The van der Waals surface area contributed by atoms with E-state index in [0.29, 0.717) is 6.42 Å². The standard InChI is InChI=1S/C15H21NO/c1-5-11-15(3,4)14(17)16-12(2)13-9-7-6-8-10-13/h5-10,12H,1,11H2,2-4H3,(H,16,17). The zero-order valence-corrected chi connectivity index (χ0v) is 10.9. The second-order valence-corrected chi connectivity index (χ2v) is 4.98. The molecule has 1 aromatic rings. The van der Waals surface area contributed by atoms with Crippen LogP contribution < -0.4 is 5.32 Å². The highest BCUT2D eigenvalue weighted by Gasteiger charge is 2.27. The number of nitrogens with one attached hydrogen (secondary N) is 1. The molecule has 0 saturated carbocycles. The number of amides is 1. The van der Waals surface area contributed by atoms with Crippen LogP contribution in [0.3, 0.4) is 0 Å². The first-order valence-electron chi connectivity index (χ1n) is 5.94. The predicted octanol–water partition coefficient (Wildman–Crippen LogP) is 3.47. The molecule has 0 aliphatic rings. The van der Waals surface area contributed by atoms with Gasteiger partial charge in [0.1, 0.15) is 0 Å². The molecule has 0 bridgehead atoms. The van der Waals surface area contributed by atoms with Crippen molar-refractivity contribution >= 4 is 5.91 Å². The van der Waals surface area contributed by atoms with Crippen molar-refractivity contribution in [2.75, 3.05) is 0 Å². The molecule has 2 heteroatoms. The number of rotatable bonds is 5. The van der Waals surface area contributed by atoms with Crippen LogP contribution >= 0.6 is 0 Å². The molecule has 92 valence electrons. The van der Waals surface area contributed by atoms with Crippen LogP contribution in [0.25, 0.3) is 0 Å². The van der Waals surface area contributed by atoms with E-state index in [9.17, 15) is 4.79 Å². The van der Waals surface area contributed by atoms with Gasteiger partial charge in [0, 0.05) is 5.41 Å². The third-order valence-electron chi connectivity index (χ3n) is 2.92. The van der Waals surface area contributed by atoms with Crippen molar-refractivity contribution in [2.45, 2.75) is 33.2 Å². The van der Waals surface area contributed by atoms with Crippen LogP contribution in [0.2, 0.25) is 0 Å². The molecule has 1 aromatic carbocycles. The predicted molar refractivity (Wildman–Crippen MR) is 71.6 cm³/mol. The maximum absolute atomic E-state index is 12.1. The van der Waals surface area contributed by atoms with E-state index in [0.717, 1.165) is 5.56 Å². The van der Waals surface area contributed by atoms with Gasteiger partial charge in [-0.05, 0) is 18.9 Å². The van der Waals surface area contributed by atoms with Crippen molar-refractivity contribution in [3.8, 4) is 0 Å². The zero-order chi connectivity index (χ0) is 12.9. The van der Waals surface area contributed by atoms with Gasteiger partial charge in [0.25, 0.3) is 0 Å². The van der Waals surface area contributed by atoms with Gasteiger partial charge in [-0.15, -0.1) is 6.58 Å². The first-order valence-corrected chi connectivity index (χ1v) is 5.94. The molecule has 1 amide bonds. The van der Waals surface area contributed by atoms with Crippen LogP contribution in [-0.4, -0.2) is 5.91 Å². The number of hydrogen-bond donors (Lipinski definition) is 1. The summed E-state index contributed by atoms with van der Waals surface area (Å²) in [4.78, 5) is 12.1. The maximum atomic E-state index is 12.1. The van der Waals surface area contributed by atoms with Gasteiger partial charge in [-0.3, -0.25) is 4.79 Å². The lowest BCUT2D eigenvalue weighted by Gasteiger charge is -2.25. The van der Waals surface area contributed by atoms with E-state index in [1.807, 2.05) is 51.1 Å². The molecule has 0 heterocycles. The van der Waals surface area contributed by atoms with E-state index >= 15 is 0 Å². The summed E-state index contributed by atoms with van der Waals surface area (Å²) in [7, 11) is 0. The summed E-state index contributed by atoms with van der Waals surface area (Å²) in [6.45, 7) is 9.55. The van der Waals surface area contributed by atoms with Crippen molar-refractivity contribution in [3.05, 3.63) is 48.6 Å². The average molecular weight is 231 g/mol. The SMILES string of the molecule is C=CCC(C)(C)C(=O)NC(C)c1ccccc1. The fourth-order valence-electron chi connectivity index (χ4n) is 1.67. The lowest BCUT2D eigenvalue weighted by molar-refractivity contribution is -0.129.